The van der Waals surface area contributed by atoms with Crippen LogP contribution in [-0.4, -0.2) is 29.6 Å². The van der Waals surface area contributed by atoms with E-state index < -0.39 is 0 Å². The second-order valence-electron chi connectivity index (χ2n) is 6.51. The number of aryl methyl sites for hydroxylation is 1. The van der Waals surface area contributed by atoms with Gasteiger partial charge in [0.05, 0.1) is 12.3 Å². The molecule has 1 saturated heterocycles. The molecule has 0 saturated carbocycles. The molecule has 5 heteroatoms. The van der Waals surface area contributed by atoms with E-state index in [1.54, 1.807) is 6.26 Å². The molecule has 2 heterocycles. The van der Waals surface area contributed by atoms with E-state index in [4.69, 9.17) is 16.6 Å². The van der Waals surface area contributed by atoms with Crippen LogP contribution in [0.25, 0.3) is 0 Å². The molecule has 4 nitrogen and oxygen atoms in total. The average Bonchev–Trinajstić information content (AvgIpc) is 3.18. The minimum atomic E-state index is 0.220. The van der Waals surface area contributed by atoms with Gasteiger partial charge in [-0.2, -0.15) is 0 Å². The van der Waals surface area contributed by atoms with Gasteiger partial charge in [0.1, 0.15) is 5.76 Å². The summed E-state index contributed by atoms with van der Waals surface area (Å²) < 4.78 is 5.68. The predicted molar refractivity (Wildman–Crippen MR) is 107 cm³/mol. The Kier molecular flexibility index (Phi) is 6.48. The smallest absolute Gasteiger partial charge is 0.170 e. The van der Waals surface area contributed by atoms with E-state index >= 15 is 0 Å². The molecule has 2 aromatic rings. The van der Waals surface area contributed by atoms with Crippen LogP contribution in [0.4, 0.5) is 5.69 Å². The standard InChI is InChI=1S/C20H27N3OS/c1-2-16-8-10-17(11-9-16)22-20(25)21-15-18(19-7-6-14-24-19)23-12-4-3-5-13-23/h6-11,14,18H,2-5,12-13,15H2,1H3,(H2,21,22,25)/t18-/m0/s1. The second-order valence-corrected chi connectivity index (χ2v) is 6.92. The van der Waals surface area contributed by atoms with E-state index in [0.717, 1.165) is 37.5 Å². The van der Waals surface area contributed by atoms with Crippen molar-refractivity contribution in [3.05, 3.63) is 54.0 Å². The molecule has 1 atom stereocenters. The molecule has 0 bridgehead atoms. The third kappa shape index (κ3) is 5.06. The zero-order valence-electron chi connectivity index (χ0n) is 14.8. The fraction of sp³-hybridized carbons (Fsp3) is 0.450. The molecule has 0 unspecified atom stereocenters. The first-order valence-corrected chi connectivity index (χ1v) is 9.58. The van der Waals surface area contributed by atoms with Crippen LogP contribution in [0.15, 0.2) is 47.1 Å². The molecular formula is C20H27N3OS. The first-order chi connectivity index (χ1) is 12.3. The van der Waals surface area contributed by atoms with Crippen LogP contribution in [0.1, 0.15) is 43.6 Å². The van der Waals surface area contributed by atoms with Crippen LogP contribution in [0, 0.1) is 0 Å². The Bertz CT molecular complexity index is 648. The maximum absolute atomic E-state index is 5.68. The van der Waals surface area contributed by atoms with Crippen molar-refractivity contribution in [3.63, 3.8) is 0 Å². The van der Waals surface area contributed by atoms with E-state index in [9.17, 15) is 0 Å². The number of hydrogen-bond donors (Lipinski definition) is 2. The maximum atomic E-state index is 5.68. The molecule has 0 spiro atoms. The Hall–Kier alpha value is -1.85. The van der Waals surface area contributed by atoms with Gasteiger partial charge in [-0.3, -0.25) is 4.90 Å². The third-order valence-electron chi connectivity index (χ3n) is 4.78. The number of anilines is 1. The maximum Gasteiger partial charge on any atom is 0.170 e. The van der Waals surface area contributed by atoms with Crippen molar-refractivity contribution in [2.24, 2.45) is 0 Å². The second kappa shape index (κ2) is 9.02. The van der Waals surface area contributed by atoms with Gasteiger partial charge in [0, 0.05) is 12.2 Å². The topological polar surface area (TPSA) is 40.4 Å². The summed E-state index contributed by atoms with van der Waals surface area (Å²) >= 11 is 5.48. The Morgan fingerprint density at radius 1 is 1.16 bits per heavy atom. The molecule has 3 rings (SSSR count). The van der Waals surface area contributed by atoms with Gasteiger partial charge in [-0.05, 0) is 74.4 Å². The van der Waals surface area contributed by atoms with Crippen molar-refractivity contribution in [2.75, 3.05) is 25.0 Å². The van der Waals surface area contributed by atoms with Gasteiger partial charge < -0.3 is 15.1 Å². The molecule has 0 aliphatic carbocycles. The summed E-state index contributed by atoms with van der Waals surface area (Å²) in [6, 6.07) is 12.6. The van der Waals surface area contributed by atoms with Gasteiger partial charge in [0.25, 0.3) is 0 Å². The molecule has 1 aliphatic heterocycles. The van der Waals surface area contributed by atoms with E-state index in [1.807, 2.05) is 6.07 Å². The summed E-state index contributed by atoms with van der Waals surface area (Å²) in [6.45, 7) is 5.13. The highest BCUT2D eigenvalue weighted by atomic mass is 32.1. The van der Waals surface area contributed by atoms with Gasteiger partial charge in [-0.25, -0.2) is 0 Å². The summed E-state index contributed by atoms with van der Waals surface area (Å²) in [7, 11) is 0. The largest absolute Gasteiger partial charge is 0.468 e. The zero-order chi connectivity index (χ0) is 17.5. The van der Waals surface area contributed by atoms with Crippen molar-refractivity contribution < 1.29 is 4.42 Å². The monoisotopic (exact) mass is 357 g/mol. The lowest BCUT2D eigenvalue weighted by molar-refractivity contribution is 0.146. The van der Waals surface area contributed by atoms with Crippen LogP contribution >= 0.6 is 12.2 Å². The van der Waals surface area contributed by atoms with Gasteiger partial charge in [-0.15, -0.1) is 0 Å². The number of benzene rings is 1. The molecule has 134 valence electrons. The van der Waals surface area contributed by atoms with Gasteiger partial charge in [-0.1, -0.05) is 25.5 Å². The first-order valence-electron chi connectivity index (χ1n) is 9.17. The number of hydrogen-bond acceptors (Lipinski definition) is 3. The Morgan fingerprint density at radius 3 is 2.56 bits per heavy atom. The average molecular weight is 358 g/mol. The lowest BCUT2D eigenvalue weighted by Crippen LogP contribution is -2.41. The highest BCUT2D eigenvalue weighted by molar-refractivity contribution is 7.80. The minimum Gasteiger partial charge on any atom is -0.468 e. The highest BCUT2D eigenvalue weighted by Crippen LogP contribution is 2.24. The Morgan fingerprint density at radius 2 is 1.92 bits per heavy atom. The lowest BCUT2D eigenvalue weighted by atomic mass is 10.1. The Balaban J connectivity index is 1.57. The normalized spacial score (nSPS) is 16.4. The number of rotatable bonds is 6. The van der Waals surface area contributed by atoms with E-state index in [0.29, 0.717) is 5.11 Å². The molecule has 0 amide bonds. The number of nitrogens with zero attached hydrogens (tertiary/aromatic N) is 1. The number of likely N-dealkylation sites (tertiary alicyclic amines) is 1. The molecule has 2 N–H and O–H groups in total. The van der Waals surface area contributed by atoms with Crippen LogP contribution in [0.2, 0.25) is 0 Å². The summed E-state index contributed by atoms with van der Waals surface area (Å²) in [5.74, 6) is 1.00. The summed E-state index contributed by atoms with van der Waals surface area (Å²) in [6.07, 6.45) is 6.62. The summed E-state index contributed by atoms with van der Waals surface area (Å²) in [4.78, 5) is 2.49. The van der Waals surface area contributed by atoms with Gasteiger partial charge in [0.15, 0.2) is 5.11 Å². The van der Waals surface area contributed by atoms with Crippen LogP contribution in [-0.2, 0) is 6.42 Å². The van der Waals surface area contributed by atoms with Crippen LogP contribution in [0.3, 0.4) is 0 Å². The molecule has 1 fully saturated rings. The first kappa shape index (κ1) is 18.0. The molecular weight excluding hydrogens is 330 g/mol. The van der Waals surface area contributed by atoms with Crippen LogP contribution in [0.5, 0.6) is 0 Å². The minimum absolute atomic E-state index is 0.220. The highest BCUT2D eigenvalue weighted by Gasteiger charge is 2.24. The van der Waals surface area contributed by atoms with Gasteiger partial charge in [0.2, 0.25) is 0 Å². The molecule has 1 aromatic heterocycles. The van der Waals surface area contributed by atoms with E-state index in [1.165, 1.54) is 24.8 Å². The van der Waals surface area contributed by atoms with Crippen molar-refractivity contribution in [3.8, 4) is 0 Å². The SMILES string of the molecule is CCc1ccc(NC(=S)NC[C@@H](c2ccco2)N2CCCCC2)cc1. The quantitative estimate of drug-likeness (QED) is 0.752. The summed E-state index contributed by atoms with van der Waals surface area (Å²) in [5.41, 5.74) is 2.34. The molecule has 0 radical (unpaired) electrons. The van der Waals surface area contributed by atoms with Crippen LogP contribution < -0.4 is 10.6 Å². The fourth-order valence-corrected chi connectivity index (χ4v) is 3.51. The lowest BCUT2D eigenvalue weighted by Gasteiger charge is -2.33. The number of furan rings is 1. The number of thiocarbonyl (C=S) groups is 1. The number of nitrogens with one attached hydrogen (secondary N) is 2. The molecule has 25 heavy (non-hydrogen) atoms. The molecule has 1 aliphatic rings. The predicted octanol–water partition coefficient (Wildman–Crippen LogP) is 4.36. The van der Waals surface area contributed by atoms with Crippen molar-refractivity contribution >= 4 is 23.0 Å². The van der Waals surface area contributed by atoms with Crippen molar-refractivity contribution in [2.45, 2.75) is 38.6 Å². The fourth-order valence-electron chi connectivity index (χ4n) is 3.31. The summed E-state index contributed by atoms with van der Waals surface area (Å²) in [5, 5.41) is 7.28. The van der Waals surface area contributed by atoms with E-state index in [-0.39, 0.29) is 6.04 Å². The third-order valence-corrected chi connectivity index (χ3v) is 5.03. The Labute approximate surface area is 155 Å². The zero-order valence-corrected chi connectivity index (χ0v) is 15.6. The van der Waals surface area contributed by atoms with Gasteiger partial charge >= 0.3 is 0 Å². The molecule has 1 aromatic carbocycles. The van der Waals surface area contributed by atoms with Crippen molar-refractivity contribution in [1.82, 2.24) is 10.2 Å². The van der Waals surface area contributed by atoms with Crippen molar-refractivity contribution in [1.29, 1.82) is 0 Å². The van der Waals surface area contributed by atoms with E-state index in [2.05, 4.69) is 52.8 Å². The number of piperidine rings is 1.